The van der Waals surface area contributed by atoms with E-state index in [0.29, 0.717) is 12.2 Å². The zero-order valence-electron chi connectivity index (χ0n) is 14.6. The summed E-state index contributed by atoms with van der Waals surface area (Å²) in [4.78, 5) is 16.4. The number of imidazole rings is 1. The van der Waals surface area contributed by atoms with Gasteiger partial charge in [0.2, 0.25) is 0 Å². The van der Waals surface area contributed by atoms with Gasteiger partial charge in [0.1, 0.15) is 16.8 Å². The third-order valence-corrected chi connectivity index (χ3v) is 4.49. The SMILES string of the molecule is C=C(C)CCn1c(=O)n(C)c2ccc(Nc3ccnc(Cl)c3C#N)cc21. The van der Waals surface area contributed by atoms with E-state index in [0.717, 1.165) is 28.7 Å². The third-order valence-electron chi connectivity index (χ3n) is 4.20. The van der Waals surface area contributed by atoms with Crippen molar-refractivity contribution >= 4 is 34.0 Å². The minimum Gasteiger partial charge on any atom is -0.354 e. The van der Waals surface area contributed by atoms with E-state index in [4.69, 9.17) is 11.6 Å². The smallest absolute Gasteiger partial charge is 0.328 e. The number of fused-ring (bicyclic) bond motifs is 1. The molecule has 3 aromatic rings. The van der Waals surface area contributed by atoms with Gasteiger partial charge < -0.3 is 5.32 Å². The lowest BCUT2D eigenvalue weighted by molar-refractivity contribution is 0.663. The number of pyridine rings is 1. The van der Waals surface area contributed by atoms with E-state index in [2.05, 4.69) is 22.9 Å². The number of benzene rings is 1. The first kappa shape index (κ1) is 17.8. The molecular formula is C19H18ClN5O. The van der Waals surface area contributed by atoms with Crippen LogP contribution in [-0.2, 0) is 13.6 Å². The van der Waals surface area contributed by atoms with Crippen molar-refractivity contribution < 1.29 is 0 Å². The summed E-state index contributed by atoms with van der Waals surface area (Å²) in [6, 6.07) is 9.38. The summed E-state index contributed by atoms with van der Waals surface area (Å²) in [6.45, 7) is 6.42. The molecule has 3 rings (SSSR count). The maximum Gasteiger partial charge on any atom is 0.328 e. The molecule has 1 N–H and O–H groups in total. The van der Waals surface area contributed by atoms with Gasteiger partial charge in [-0.2, -0.15) is 5.26 Å². The number of aromatic nitrogens is 3. The minimum absolute atomic E-state index is 0.0666. The van der Waals surface area contributed by atoms with Gasteiger partial charge in [-0.05, 0) is 37.6 Å². The molecule has 0 spiro atoms. The summed E-state index contributed by atoms with van der Waals surface area (Å²) in [5, 5.41) is 12.6. The van der Waals surface area contributed by atoms with Crippen molar-refractivity contribution in [2.45, 2.75) is 19.9 Å². The van der Waals surface area contributed by atoms with Crippen molar-refractivity contribution in [1.82, 2.24) is 14.1 Å². The maximum atomic E-state index is 12.5. The quantitative estimate of drug-likeness (QED) is 0.547. The Bertz CT molecular complexity index is 1100. The van der Waals surface area contributed by atoms with Crippen molar-refractivity contribution in [3.8, 4) is 6.07 Å². The molecule has 0 unspecified atom stereocenters. The van der Waals surface area contributed by atoms with Crippen molar-refractivity contribution in [3.63, 3.8) is 0 Å². The van der Waals surface area contributed by atoms with E-state index in [1.807, 2.05) is 25.1 Å². The van der Waals surface area contributed by atoms with Gasteiger partial charge in [-0.15, -0.1) is 6.58 Å². The molecule has 0 saturated carbocycles. The Hall–Kier alpha value is -3.04. The van der Waals surface area contributed by atoms with E-state index < -0.39 is 0 Å². The van der Waals surface area contributed by atoms with E-state index in [1.165, 1.54) is 6.20 Å². The minimum atomic E-state index is -0.0666. The monoisotopic (exact) mass is 367 g/mol. The van der Waals surface area contributed by atoms with Gasteiger partial charge in [-0.1, -0.05) is 17.2 Å². The van der Waals surface area contributed by atoms with Crippen molar-refractivity contribution in [3.05, 3.63) is 63.8 Å². The zero-order chi connectivity index (χ0) is 18.8. The molecule has 132 valence electrons. The number of hydrogen-bond donors (Lipinski definition) is 1. The summed E-state index contributed by atoms with van der Waals surface area (Å²) in [5.74, 6) is 0. The second-order valence-corrected chi connectivity index (χ2v) is 6.52. The lowest BCUT2D eigenvalue weighted by atomic mass is 10.2. The Morgan fingerprint density at radius 1 is 1.38 bits per heavy atom. The molecule has 0 aliphatic heterocycles. The fraction of sp³-hybridized carbons (Fsp3) is 0.211. The lowest BCUT2D eigenvalue weighted by Crippen LogP contribution is -2.22. The molecule has 7 heteroatoms. The predicted molar refractivity (Wildman–Crippen MR) is 104 cm³/mol. The molecule has 0 bridgehead atoms. The van der Waals surface area contributed by atoms with Crippen LogP contribution in [0.15, 0.2) is 47.4 Å². The van der Waals surface area contributed by atoms with Crippen LogP contribution >= 0.6 is 11.6 Å². The molecule has 26 heavy (non-hydrogen) atoms. The van der Waals surface area contributed by atoms with Crippen molar-refractivity contribution in [2.75, 3.05) is 5.32 Å². The molecule has 0 atom stereocenters. The standard InChI is InChI=1S/C19H18ClN5O/c1-12(2)7-9-25-17-10-13(4-5-16(17)24(3)19(25)26)23-15-6-8-22-18(20)14(15)11-21/h4-6,8,10H,1,7,9H2,2-3H3,(H,22,23). The fourth-order valence-corrected chi connectivity index (χ4v) is 3.01. The number of nitrogens with zero attached hydrogens (tertiary/aromatic N) is 4. The first-order chi connectivity index (χ1) is 12.4. The normalized spacial score (nSPS) is 10.7. The second kappa shape index (κ2) is 7.06. The summed E-state index contributed by atoms with van der Waals surface area (Å²) in [6.07, 6.45) is 2.27. The number of aryl methyl sites for hydroxylation is 2. The number of nitrogens with one attached hydrogen (secondary N) is 1. The molecule has 2 heterocycles. The van der Waals surface area contributed by atoms with Gasteiger partial charge in [0.25, 0.3) is 0 Å². The average molecular weight is 368 g/mol. The molecular weight excluding hydrogens is 350 g/mol. The van der Waals surface area contributed by atoms with Crippen LogP contribution in [0, 0.1) is 11.3 Å². The Morgan fingerprint density at radius 3 is 2.85 bits per heavy atom. The summed E-state index contributed by atoms with van der Waals surface area (Å²) in [7, 11) is 1.76. The highest BCUT2D eigenvalue weighted by Crippen LogP contribution is 2.26. The van der Waals surface area contributed by atoms with Crippen LogP contribution in [0.2, 0.25) is 5.15 Å². The molecule has 0 aliphatic rings. The van der Waals surface area contributed by atoms with Crippen molar-refractivity contribution in [1.29, 1.82) is 5.26 Å². The van der Waals surface area contributed by atoms with E-state index >= 15 is 0 Å². The molecule has 0 amide bonds. The Labute approximate surface area is 156 Å². The summed E-state index contributed by atoms with van der Waals surface area (Å²) < 4.78 is 3.36. The zero-order valence-corrected chi connectivity index (χ0v) is 15.3. The van der Waals surface area contributed by atoms with Crippen LogP contribution in [-0.4, -0.2) is 14.1 Å². The van der Waals surface area contributed by atoms with Gasteiger partial charge in [-0.25, -0.2) is 9.78 Å². The van der Waals surface area contributed by atoms with E-state index in [1.54, 1.807) is 22.2 Å². The molecule has 0 radical (unpaired) electrons. The number of hydrogen-bond acceptors (Lipinski definition) is 4. The molecule has 6 nitrogen and oxygen atoms in total. The second-order valence-electron chi connectivity index (χ2n) is 6.16. The summed E-state index contributed by atoms with van der Waals surface area (Å²) in [5.41, 5.74) is 4.22. The fourth-order valence-electron chi connectivity index (χ4n) is 2.81. The van der Waals surface area contributed by atoms with Crippen LogP contribution in [0.3, 0.4) is 0 Å². The van der Waals surface area contributed by atoms with Crippen LogP contribution in [0.4, 0.5) is 11.4 Å². The molecule has 0 aliphatic carbocycles. The average Bonchev–Trinajstić information content (AvgIpc) is 2.84. The van der Waals surface area contributed by atoms with Gasteiger partial charge in [0, 0.05) is 25.5 Å². The predicted octanol–water partition coefficient (Wildman–Crippen LogP) is 3.97. The number of nitriles is 1. The summed E-state index contributed by atoms with van der Waals surface area (Å²) >= 11 is 5.98. The first-order valence-corrected chi connectivity index (χ1v) is 8.45. The number of rotatable bonds is 5. The molecule has 0 fully saturated rings. The third kappa shape index (κ3) is 3.22. The molecule has 1 aromatic carbocycles. The van der Waals surface area contributed by atoms with Crippen molar-refractivity contribution in [2.24, 2.45) is 7.05 Å². The van der Waals surface area contributed by atoms with Crippen LogP contribution in [0.25, 0.3) is 11.0 Å². The largest absolute Gasteiger partial charge is 0.354 e. The van der Waals surface area contributed by atoms with Gasteiger partial charge in [0.05, 0.1) is 16.7 Å². The van der Waals surface area contributed by atoms with Gasteiger partial charge in [0.15, 0.2) is 0 Å². The van der Waals surface area contributed by atoms with Gasteiger partial charge >= 0.3 is 5.69 Å². The highest BCUT2D eigenvalue weighted by Gasteiger charge is 2.13. The number of halogens is 1. The Morgan fingerprint density at radius 2 is 2.15 bits per heavy atom. The lowest BCUT2D eigenvalue weighted by Gasteiger charge is -2.10. The Balaban J connectivity index is 2.05. The van der Waals surface area contributed by atoms with Gasteiger partial charge in [-0.3, -0.25) is 9.13 Å². The first-order valence-electron chi connectivity index (χ1n) is 8.07. The van der Waals surface area contributed by atoms with Crippen LogP contribution in [0.5, 0.6) is 0 Å². The highest BCUT2D eigenvalue weighted by atomic mass is 35.5. The molecule has 2 aromatic heterocycles. The van der Waals surface area contributed by atoms with Crippen LogP contribution in [0.1, 0.15) is 18.9 Å². The van der Waals surface area contributed by atoms with Crippen LogP contribution < -0.4 is 11.0 Å². The maximum absolute atomic E-state index is 12.5. The number of anilines is 2. The van der Waals surface area contributed by atoms with E-state index in [9.17, 15) is 10.1 Å². The number of allylic oxidation sites excluding steroid dienone is 1. The topological polar surface area (TPSA) is 75.6 Å². The molecule has 0 saturated heterocycles. The Kier molecular flexibility index (Phi) is 4.83. The highest BCUT2D eigenvalue weighted by molar-refractivity contribution is 6.31. The van der Waals surface area contributed by atoms with E-state index in [-0.39, 0.29) is 16.4 Å².